The predicted octanol–water partition coefficient (Wildman–Crippen LogP) is 1.70. The number of benzene rings is 1. The molecule has 1 heterocycles. The fourth-order valence-corrected chi connectivity index (χ4v) is 2.71. The quantitative estimate of drug-likeness (QED) is 0.443. The Bertz CT molecular complexity index is 654. The zero-order valence-electron chi connectivity index (χ0n) is 14.6. The summed E-state index contributed by atoms with van der Waals surface area (Å²) in [5.74, 6) is -0.569. The van der Waals surface area contributed by atoms with Crippen LogP contribution in [-0.4, -0.2) is 42.9 Å². The van der Waals surface area contributed by atoms with Crippen LogP contribution in [0.15, 0.2) is 18.2 Å². The van der Waals surface area contributed by atoms with Crippen molar-refractivity contribution in [3.05, 3.63) is 33.9 Å². The van der Waals surface area contributed by atoms with Gasteiger partial charge in [0.15, 0.2) is 0 Å². The first-order valence-corrected chi connectivity index (χ1v) is 8.49. The zero-order valence-corrected chi connectivity index (χ0v) is 14.6. The fraction of sp³-hybridized carbons (Fsp3) is 0.529. The normalized spacial score (nSPS) is 13.8. The Morgan fingerprint density at radius 2 is 1.84 bits per heavy atom. The van der Waals surface area contributed by atoms with Crippen molar-refractivity contribution >= 4 is 23.2 Å². The third-order valence-corrected chi connectivity index (χ3v) is 4.12. The maximum atomic E-state index is 12.5. The van der Waals surface area contributed by atoms with Crippen molar-refractivity contribution in [2.45, 2.75) is 26.7 Å². The van der Waals surface area contributed by atoms with Gasteiger partial charge in [0.1, 0.15) is 0 Å². The van der Waals surface area contributed by atoms with Crippen LogP contribution in [0.3, 0.4) is 0 Å². The molecule has 1 aromatic rings. The molecular weight excluding hydrogens is 324 g/mol. The number of nitro benzene ring substituents is 1. The van der Waals surface area contributed by atoms with Crippen molar-refractivity contribution in [2.24, 2.45) is 5.92 Å². The Labute approximate surface area is 146 Å². The second-order valence-electron chi connectivity index (χ2n) is 6.35. The minimum atomic E-state index is -0.507. The summed E-state index contributed by atoms with van der Waals surface area (Å²) in [5.41, 5.74) is 0.902. The molecule has 1 saturated heterocycles. The molecule has 2 rings (SSSR count). The van der Waals surface area contributed by atoms with E-state index >= 15 is 0 Å². The lowest BCUT2D eigenvalue weighted by Gasteiger charge is -2.21. The van der Waals surface area contributed by atoms with Gasteiger partial charge >= 0.3 is 0 Å². The molecule has 1 aliphatic rings. The van der Waals surface area contributed by atoms with Crippen molar-refractivity contribution in [2.75, 3.05) is 31.1 Å². The van der Waals surface area contributed by atoms with Crippen LogP contribution in [0.25, 0.3) is 0 Å². The highest BCUT2D eigenvalue weighted by Crippen LogP contribution is 2.28. The zero-order chi connectivity index (χ0) is 18.4. The number of carbonyl (C=O) groups excluding carboxylic acids is 2. The molecule has 8 heteroatoms. The minimum absolute atomic E-state index is 0.0812. The first-order chi connectivity index (χ1) is 11.9. The van der Waals surface area contributed by atoms with Gasteiger partial charge < -0.3 is 15.5 Å². The van der Waals surface area contributed by atoms with E-state index in [-0.39, 0.29) is 30.0 Å². The van der Waals surface area contributed by atoms with E-state index in [0.29, 0.717) is 17.8 Å². The monoisotopic (exact) mass is 348 g/mol. The molecular formula is C17H24N4O4. The number of hydrogen-bond acceptors (Lipinski definition) is 5. The number of carbonyl (C=O) groups is 2. The van der Waals surface area contributed by atoms with Gasteiger partial charge in [0.05, 0.1) is 16.2 Å². The summed E-state index contributed by atoms with van der Waals surface area (Å²) >= 11 is 0. The third kappa shape index (κ3) is 4.91. The van der Waals surface area contributed by atoms with Gasteiger partial charge in [-0.25, -0.2) is 0 Å². The summed E-state index contributed by atoms with van der Waals surface area (Å²) in [6.07, 6.45) is 2.08. The van der Waals surface area contributed by atoms with Gasteiger partial charge in [-0.05, 0) is 18.9 Å². The molecule has 0 unspecified atom stereocenters. The predicted molar refractivity (Wildman–Crippen MR) is 94.7 cm³/mol. The Morgan fingerprint density at radius 3 is 2.44 bits per heavy atom. The van der Waals surface area contributed by atoms with Gasteiger partial charge in [-0.15, -0.1) is 0 Å². The molecule has 1 aliphatic heterocycles. The number of nitrogens with one attached hydrogen (secondary N) is 2. The molecule has 0 bridgehead atoms. The lowest BCUT2D eigenvalue weighted by atomic mass is 10.1. The molecule has 0 aliphatic carbocycles. The lowest BCUT2D eigenvalue weighted by Crippen LogP contribution is -2.36. The summed E-state index contributed by atoms with van der Waals surface area (Å²) < 4.78 is 0. The molecule has 2 amide bonds. The van der Waals surface area contributed by atoms with E-state index in [9.17, 15) is 19.7 Å². The second kappa shape index (κ2) is 8.46. The highest BCUT2D eigenvalue weighted by atomic mass is 16.6. The van der Waals surface area contributed by atoms with E-state index in [4.69, 9.17) is 0 Å². The first-order valence-electron chi connectivity index (χ1n) is 8.49. The maximum Gasteiger partial charge on any atom is 0.270 e. The summed E-state index contributed by atoms with van der Waals surface area (Å²) in [6.45, 7) is 5.83. The van der Waals surface area contributed by atoms with E-state index in [0.717, 1.165) is 25.9 Å². The van der Waals surface area contributed by atoms with E-state index in [1.165, 1.54) is 12.1 Å². The van der Waals surface area contributed by atoms with Crippen LogP contribution in [-0.2, 0) is 4.79 Å². The Morgan fingerprint density at radius 1 is 1.20 bits per heavy atom. The van der Waals surface area contributed by atoms with Crippen LogP contribution >= 0.6 is 0 Å². The number of hydrogen-bond donors (Lipinski definition) is 2. The van der Waals surface area contributed by atoms with Gasteiger partial charge in [0.2, 0.25) is 5.91 Å². The van der Waals surface area contributed by atoms with Crippen LogP contribution in [0.4, 0.5) is 11.4 Å². The van der Waals surface area contributed by atoms with E-state index in [1.807, 2.05) is 0 Å². The molecule has 1 aromatic carbocycles. The van der Waals surface area contributed by atoms with Crippen molar-refractivity contribution in [3.63, 3.8) is 0 Å². The van der Waals surface area contributed by atoms with E-state index < -0.39 is 4.92 Å². The average Bonchev–Trinajstić information content (AvgIpc) is 3.11. The lowest BCUT2D eigenvalue weighted by molar-refractivity contribution is -0.384. The first kappa shape index (κ1) is 18.7. The van der Waals surface area contributed by atoms with Crippen LogP contribution < -0.4 is 15.5 Å². The Kier molecular flexibility index (Phi) is 6.32. The molecule has 0 radical (unpaired) electrons. The van der Waals surface area contributed by atoms with Crippen LogP contribution in [0, 0.1) is 16.0 Å². The van der Waals surface area contributed by atoms with Gasteiger partial charge in [0.25, 0.3) is 11.6 Å². The molecule has 1 fully saturated rings. The number of nitro groups is 1. The second-order valence-corrected chi connectivity index (χ2v) is 6.35. The van der Waals surface area contributed by atoms with Crippen molar-refractivity contribution in [3.8, 4) is 0 Å². The van der Waals surface area contributed by atoms with Crippen LogP contribution in [0.2, 0.25) is 0 Å². The van der Waals surface area contributed by atoms with Crippen molar-refractivity contribution in [1.29, 1.82) is 0 Å². The number of amides is 2. The fourth-order valence-electron chi connectivity index (χ4n) is 2.71. The molecule has 0 atom stereocenters. The SMILES string of the molecule is CC(C)C(=O)NCCNC(=O)c1cc([N+](=O)[O-])ccc1N1CCCC1. The number of rotatable bonds is 7. The summed E-state index contributed by atoms with van der Waals surface area (Å²) in [6, 6.07) is 4.38. The van der Waals surface area contributed by atoms with Crippen LogP contribution in [0.5, 0.6) is 0 Å². The highest BCUT2D eigenvalue weighted by molar-refractivity contribution is 6.00. The summed E-state index contributed by atoms with van der Waals surface area (Å²) in [7, 11) is 0. The van der Waals surface area contributed by atoms with Gasteiger partial charge in [0, 0.05) is 44.2 Å². The van der Waals surface area contributed by atoms with E-state index in [2.05, 4.69) is 15.5 Å². The average molecular weight is 348 g/mol. The van der Waals surface area contributed by atoms with Gasteiger partial charge in [-0.1, -0.05) is 13.8 Å². The van der Waals surface area contributed by atoms with Gasteiger partial charge in [-0.3, -0.25) is 19.7 Å². The standard InChI is InChI=1S/C17H24N4O4/c1-12(2)16(22)18-7-8-19-17(23)14-11-13(21(24)25)5-6-15(14)20-9-3-4-10-20/h5-6,11-12H,3-4,7-10H2,1-2H3,(H,18,22)(H,19,23). The molecule has 2 N–H and O–H groups in total. The maximum absolute atomic E-state index is 12.5. The molecule has 0 saturated carbocycles. The van der Waals surface area contributed by atoms with Crippen molar-refractivity contribution < 1.29 is 14.5 Å². The van der Waals surface area contributed by atoms with E-state index in [1.54, 1.807) is 19.9 Å². The molecule has 8 nitrogen and oxygen atoms in total. The Balaban J connectivity index is 2.06. The highest BCUT2D eigenvalue weighted by Gasteiger charge is 2.22. The molecule has 0 aromatic heterocycles. The number of non-ortho nitro benzene ring substituents is 1. The summed E-state index contributed by atoms with van der Waals surface area (Å²) in [5, 5.41) is 16.5. The third-order valence-electron chi connectivity index (χ3n) is 4.12. The van der Waals surface area contributed by atoms with Gasteiger partial charge in [-0.2, -0.15) is 0 Å². The minimum Gasteiger partial charge on any atom is -0.371 e. The number of nitrogens with zero attached hydrogens (tertiary/aromatic N) is 2. The molecule has 25 heavy (non-hydrogen) atoms. The van der Waals surface area contributed by atoms with Crippen molar-refractivity contribution in [1.82, 2.24) is 10.6 Å². The number of anilines is 1. The smallest absolute Gasteiger partial charge is 0.270 e. The molecule has 136 valence electrons. The molecule has 0 spiro atoms. The topological polar surface area (TPSA) is 105 Å². The summed E-state index contributed by atoms with van der Waals surface area (Å²) in [4.78, 5) is 36.6. The largest absolute Gasteiger partial charge is 0.371 e. The van der Waals surface area contributed by atoms with Crippen LogP contribution in [0.1, 0.15) is 37.0 Å². The Hall–Kier alpha value is -2.64.